The fourth-order valence-electron chi connectivity index (χ4n) is 5.46. The number of piperidine rings is 1. The number of methoxy groups -OCH3 is 2. The highest BCUT2D eigenvalue weighted by atomic mass is 16.6. The Morgan fingerprint density at radius 2 is 1.70 bits per heavy atom. The summed E-state index contributed by atoms with van der Waals surface area (Å²) in [6.07, 6.45) is 3.54. The molecule has 6 nitrogen and oxygen atoms in total. The molecule has 0 saturated carbocycles. The van der Waals surface area contributed by atoms with Crippen LogP contribution in [0.2, 0.25) is 0 Å². The van der Waals surface area contributed by atoms with E-state index in [9.17, 15) is 5.11 Å². The van der Waals surface area contributed by atoms with Crippen molar-refractivity contribution in [1.82, 2.24) is 4.90 Å². The van der Waals surface area contributed by atoms with Gasteiger partial charge in [-0.15, -0.1) is 0 Å². The van der Waals surface area contributed by atoms with Crippen molar-refractivity contribution >= 4 is 0 Å². The van der Waals surface area contributed by atoms with Crippen LogP contribution in [0.4, 0.5) is 0 Å². The van der Waals surface area contributed by atoms with Crippen LogP contribution < -0.4 is 18.9 Å². The SMILES string of the molecule is COc1ccccc1C1(O)C[C@H]2CC[C@@H](C1)N2C[C@H]1COc2cccc(OC)c2O1. The zero-order valence-electron chi connectivity index (χ0n) is 17.5. The molecule has 3 heterocycles. The average Bonchev–Trinajstić information content (AvgIpc) is 3.02. The highest BCUT2D eigenvalue weighted by molar-refractivity contribution is 5.52. The summed E-state index contributed by atoms with van der Waals surface area (Å²) in [6, 6.07) is 14.2. The number of hydrogen-bond donors (Lipinski definition) is 1. The maximum absolute atomic E-state index is 11.6. The van der Waals surface area contributed by atoms with Gasteiger partial charge in [-0.2, -0.15) is 0 Å². The van der Waals surface area contributed by atoms with Crippen LogP contribution in [0.15, 0.2) is 42.5 Å². The standard InChI is InChI=1S/C24H29NO5/c1-27-20-7-4-3-6-19(20)24(26)12-16-10-11-17(13-24)25(16)14-18-15-29-22-9-5-8-21(28-2)23(22)30-18/h3-9,16-18,26H,10-15H2,1-2H3/t16-,17+,18-,24?/m0/s1. The summed E-state index contributed by atoms with van der Waals surface area (Å²) < 4.78 is 23.2. The Morgan fingerprint density at radius 1 is 1.00 bits per heavy atom. The molecule has 0 spiro atoms. The number of nitrogens with zero attached hydrogens (tertiary/aromatic N) is 1. The average molecular weight is 411 g/mol. The smallest absolute Gasteiger partial charge is 0.204 e. The predicted octanol–water partition coefficient (Wildman–Crippen LogP) is 3.36. The maximum Gasteiger partial charge on any atom is 0.204 e. The minimum atomic E-state index is -0.853. The van der Waals surface area contributed by atoms with Gasteiger partial charge in [-0.3, -0.25) is 4.90 Å². The minimum Gasteiger partial charge on any atom is -0.496 e. The predicted molar refractivity (Wildman–Crippen MR) is 113 cm³/mol. The quantitative estimate of drug-likeness (QED) is 0.814. The Bertz CT molecular complexity index is 888. The molecule has 6 heteroatoms. The van der Waals surface area contributed by atoms with Gasteiger partial charge in [-0.1, -0.05) is 24.3 Å². The van der Waals surface area contributed by atoms with Crippen LogP contribution in [0, 0.1) is 0 Å². The second kappa shape index (κ2) is 7.67. The van der Waals surface area contributed by atoms with Crippen molar-refractivity contribution in [1.29, 1.82) is 0 Å². The highest BCUT2D eigenvalue weighted by Gasteiger charge is 2.49. The Morgan fingerprint density at radius 3 is 2.43 bits per heavy atom. The third kappa shape index (κ3) is 3.28. The molecule has 5 rings (SSSR count). The van der Waals surface area contributed by atoms with Crippen LogP contribution in [-0.2, 0) is 5.60 Å². The summed E-state index contributed by atoms with van der Waals surface area (Å²) >= 11 is 0. The summed E-state index contributed by atoms with van der Waals surface area (Å²) in [5.41, 5.74) is 0.0502. The van der Waals surface area contributed by atoms with Crippen LogP contribution in [0.25, 0.3) is 0 Å². The lowest BCUT2D eigenvalue weighted by molar-refractivity contribution is -0.0698. The molecule has 2 fully saturated rings. The van der Waals surface area contributed by atoms with E-state index in [2.05, 4.69) is 4.90 Å². The van der Waals surface area contributed by atoms with E-state index >= 15 is 0 Å². The van der Waals surface area contributed by atoms with Gasteiger partial charge in [0, 0.05) is 24.2 Å². The minimum absolute atomic E-state index is 0.0608. The normalized spacial score (nSPS) is 30.2. The third-order valence-corrected chi connectivity index (χ3v) is 6.81. The lowest BCUT2D eigenvalue weighted by Gasteiger charge is -2.45. The zero-order valence-corrected chi connectivity index (χ0v) is 17.5. The van der Waals surface area contributed by atoms with Crippen molar-refractivity contribution in [3.8, 4) is 23.0 Å². The molecule has 0 radical (unpaired) electrons. The van der Waals surface area contributed by atoms with E-state index in [1.165, 1.54) is 0 Å². The molecule has 4 atom stereocenters. The van der Waals surface area contributed by atoms with E-state index in [0.717, 1.165) is 36.4 Å². The fourth-order valence-corrected chi connectivity index (χ4v) is 5.46. The maximum atomic E-state index is 11.6. The van der Waals surface area contributed by atoms with Gasteiger partial charge in [-0.05, 0) is 43.9 Å². The molecule has 0 aliphatic carbocycles. The Labute approximate surface area is 177 Å². The Balaban J connectivity index is 1.32. The third-order valence-electron chi connectivity index (χ3n) is 6.81. The van der Waals surface area contributed by atoms with Gasteiger partial charge in [-0.25, -0.2) is 0 Å². The van der Waals surface area contributed by atoms with Crippen molar-refractivity contribution in [2.75, 3.05) is 27.4 Å². The van der Waals surface area contributed by atoms with Crippen LogP contribution in [0.3, 0.4) is 0 Å². The van der Waals surface area contributed by atoms with E-state index in [-0.39, 0.29) is 6.10 Å². The monoisotopic (exact) mass is 411 g/mol. The largest absolute Gasteiger partial charge is 0.496 e. The second-order valence-corrected chi connectivity index (χ2v) is 8.56. The number of benzene rings is 2. The molecule has 3 aliphatic heterocycles. The molecule has 2 saturated heterocycles. The summed E-state index contributed by atoms with van der Waals surface area (Å²) in [4.78, 5) is 2.51. The van der Waals surface area contributed by atoms with E-state index in [4.69, 9.17) is 18.9 Å². The van der Waals surface area contributed by atoms with Crippen LogP contribution >= 0.6 is 0 Å². The molecular formula is C24H29NO5. The van der Waals surface area contributed by atoms with Crippen molar-refractivity contribution in [3.05, 3.63) is 48.0 Å². The summed E-state index contributed by atoms with van der Waals surface area (Å²) in [5, 5.41) is 11.6. The van der Waals surface area contributed by atoms with E-state index in [0.29, 0.717) is 43.0 Å². The van der Waals surface area contributed by atoms with E-state index in [1.54, 1.807) is 14.2 Å². The van der Waals surface area contributed by atoms with Crippen molar-refractivity contribution < 1.29 is 24.1 Å². The van der Waals surface area contributed by atoms with Gasteiger partial charge in [0.05, 0.1) is 19.8 Å². The molecule has 30 heavy (non-hydrogen) atoms. The first-order valence-electron chi connectivity index (χ1n) is 10.7. The van der Waals surface area contributed by atoms with Crippen molar-refractivity contribution in [3.63, 3.8) is 0 Å². The summed E-state index contributed by atoms with van der Waals surface area (Å²) in [6.45, 7) is 1.31. The first-order valence-corrected chi connectivity index (χ1v) is 10.7. The molecule has 2 bridgehead atoms. The molecule has 3 aliphatic rings. The fraction of sp³-hybridized carbons (Fsp3) is 0.500. The van der Waals surface area contributed by atoms with Gasteiger partial charge < -0.3 is 24.1 Å². The van der Waals surface area contributed by atoms with Crippen LogP contribution in [0.5, 0.6) is 23.0 Å². The summed E-state index contributed by atoms with van der Waals surface area (Å²) in [7, 11) is 3.31. The number of aliphatic hydroxyl groups is 1. The number of para-hydroxylation sites is 2. The van der Waals surface area contributed by atoms with Gasteiger partial charge >= 0.3 is 0 Å². The molecule has 160 valence electrons. The molecular weight excluding hydrogens is 382 g/mol. The van der Waals surface area contributed by atoms with Crippen LogP contribution in [0.1, 0.15) is 31.2 Å². The topological polar surface area (TPSA) is 60.4 Å². The van der Waals surface area contributed by atoms with Gasteiger partial charge in [0.2, 0.25) is 5.75 Å². The number of rotatable bonds is 5. The van der Waals surface area contributed by atoms with E-state index in [1.807, 2.05) is 42.5 Å². The van der Waals surface area contributed by atoms with Gasteiger partial charge in [0.25, 0.3) is 0 Å². The number of ether oxygens (including phenoxy) is 4. The number of hydrogen-bond acceptors (Lipinski definition) is 6. The molecule has 1 N–H and O–H groups in total. The highest BCUT2D eigenvalue weighted by Crippen LogP contribution is 2.48. The van der Waals surface area contributed by atoms with Gasteiger partial charge in [0.1, 0.15) is 18.5 Å². The van der Waals surface area contributed by atoms with E-state index < -0.39 is 5.60 Å². The molecule has 2 aromatic carbocycles. The second-order valence-electron chi connectivity index (χ2n) is 8.56. The lowest BCUT2D eigenvalue weighted by Crippen LogP contribution is -2.53. The summed E-state index contributed by atoms with van der Waals surface area (Å²) in [5.74, 6) is 2.88. The Hall–Kier alpha value is -2.44. The van der Waals surface area contributed by atoms with Gasteiger partial charge in [0.15, 0.2) is 11.5 Å². The van der Waals surface area contributed by atoms with Crippen molar-refractivity contribution in [2.24, 2.45) is 0 Å². The van der Waals surface area contributed by atoms with Crippen LogP contribution in [-0.4, -0.2) is 55.6 Å². The molecule has 1 unspecified atom stereocenters. The Kier molecular flexibility index (Phi) is 4.99. The van der Waals surface area contributed by atoms with Crippen molar-refractivity contribution in [2.45, 2.75) is 49.5 Å². The number of fused-ring (bicyclic) bond motifs is 3. The molecule has 0 amide bonds. The molecule has 0 aromatic heterocycles. The molecule has 2 aromatic rings. The lowest BCUT2D eigenvalue weighted by atomic mass is 9.80. The first-order chi connectivity index (χ1) is 14.6. The zero-order chi connectivity index (χ0) is 20.7. The first kappa shape index (κ1) is 19.5.